The Morgan fingerprint density at radius 2 is 2.12 bits per heavy atom. The Morgan fingerprint density at radius 3 is 2.62 bits per heavy atom. The maximum absolute atomic E-state index is 11.5. The van der Waals surface area contributed by atoms with Gasteiger partial charge in [-0.2, -0.15) is 5.26 Å². The third-order valence-corrected chi connectivity index (χ3v) is 2.28. The maximum Gasteiger partial charge on any atom is 0.241 e. The molecule has 1 rings (SSSR count). The number of nitrogens with two attached hydrogens (primary N) is 1. The predicted octanol–water partition coefficient (Wildman–Crippen LogP) is 1.43. The standard InChI is InChI=1S/C12H15N3O/c1-2-11(14)12(16)15-10-5-3-9(4-6-10)7-8-13/h3-6,11H,2,7,14H2,1H3,(H,15,16)/t11-/m0/s1. The van der Waals surface area contributed by atoms with E-state index >= 15 is 0 Å². The van der Waals surface area contributed by atoms with Gasteiger partial charge in [-0.15, -0.1) is 0 Å². The summed E-state index contributed by atoms with van der Waals surface area (Å²) in [6.45, 7) is 1.86. The first kappa shape index (κ1) is 12.2. The first-order valence-corrected chi connectivity index (χ1v) is 5.19. The molecular weight excluding hydrogens is 202 g/mol. The van der Waals surface area contributed by atoms with Gasteiger partial charge in [0.25, 0.3) is 0 Å². The fourth-order valence-corrected chi connectivity index (χ4v) is 1.22. The molecule has 0 aliphatic heterocycles. The number of anilines is 1. The van der Waals surface area contributed by atoms with Crippen LogP contribution in [0.25, 0.3) is 0 Å². The Balaban J connectivity index is 2.62. The Hall–Kier alpha value is -1.86. The van der Waals surface area contributed by atoms with Crippen molar-refractivity contribution in [3.63, 3.8) is 0 Å². The van der Waals surface area contributed by atoms with Crippen LogP contribution in [0.15, 0.2) is 24.3 Å². The number of amides is 1. The van der Waals surface area contributed by atoms with Gasteiger partial charge in [0.15, 0.2) is 0 Å². The van der Waals surface area contributed by atoms with Gasteiger partial charge in [-0.1, -0.05) is 19.1 Å². The van der Waals surface area contributed by atoms with Crippen molar-refractivity contribution in [2.24, 2.45) is 5.73 Å². The van der Waals surface area contributed by atoms with Crippen LogP contribution in [-0.4, -0.2) is 11.9 Å². The SMILES string of the molecule is CC[C@H](N)C(=O)Nc1ccc(CC#N)cc1. The lowest BCUT2D eigenvalue weighted by molar-refractivity contribution is -0.117. The first-order chi connectivity index (χ1) is 7.67. The van der Waals surface area contributed by atoms with Gasteiger partial charge in [-0.25, -0.2) is 0 Å². The molecule has 1 aromatic carbocycles. The lowest BCUT2D eigenvalue weighted by atomic mass is 10.1. The van der Waals surface area contributed by atoms with Gasteiger partial charge < -0.3 is 11.1 Å². The second-order valence-electron chi connectivity index (χ2n) is 3.54. The molecule has 1 amide bonds. The van der Waals surface area contributed by atoms with E-state index in [0.29, 0.717) is 18.5 Å². The quantitative estimate of drug-likeness (QED) is 0.800. The van der Waals surface area contributed by atoms with Crippen LogP contribution in [0.5, 0.6) is 0 Å². The molecule has 84 valence electrons. The highest BCUT2D eigenvalue weighted by atomic mass is 16.2. The van der Waals surface area contributed by atoms with E-state index in [-0.39, 0.29) is 5.91 Å². The zero-order chi connectivity index (χ0) is 12.0. The summed E-state index contributed by atoms with van der Waals surface area (Å²) < 4.78 is 0. The van der Waals surface area contributed by atoms with Crippen LogP contribution in [0.1, 0.15) is 18.9 Å². The first-order valence-electron chi connectivity index (χ1n) is 5.19. The summed E-state index contributed by atoms with van der Waals surface area (Å²) in [5.74, 6) is -0.185. The second-order valence-corrected chi connectivity index (χ2v) is 3.54. The number of nitrogens with one attached hydrogen (secondary N) is 1. The van der Waals surface area contributed by atoms with Crippen molar-refractivity contribution in [2.45, 2.75) is 25.8 Å². The van der Waals surface area contributed by atoms with Crippen LogP contribution in [-0.2, 0) is 11.2 Å². The molecule has 0 aliphatic carbocycles. The van der Waals surface area contributed by atoms with Gasteiger partial charge >= 0.3 is 0 Å². The normalized spacial score (nSPS) is 11.6. The number of hydrogen-bond acceptors (Lipinski definition) is 3. The number of carbonyl (C=O) groups is 1. The van der Waals surface area contributed by atoms with E-state index in [4.69, 9.17) is 11.0 Å². The van der Waals surface area contributed by atoms with Gasteiger partial charge in [0.1, 0.15) is 0 Å². The minimum absolute atomic E-state index is 0.185. The van der Waals surface area contributed by atoms with Crippen molar-refractivity contribution >= 4 is 11.6 Å². The fourth-order valence-electron chi connectivity index (χ4n) is 1.22. The number of carbonyl (C=O) groups excluding carboxylic acids is 1. The maximum atomic E-state index is 11.5. The highest BCUT2D eigenvalue weighted by molar-refractivity contribution is 5.94. The van der Waals surface area contributed by atoms with Gasteiger partial charge in [0.2, 0.25) is 5.91 Å². The molecule has 0 bridgehead atoms. The third-order valence-electron chi connectivity index (χ3n) is 2.28. The molecule has 0 aliphatic rings. The molecule has 0 heterocycles. The van der Waals surface area contributed by atoms with Crippen LogP contribution in [0.3, 0.4) is 0 Å². The number of benzene rings is 1. The topological polar surface area (TPSA) is 78.9 Å². The van der Waals surface area contributed by atoms with E-state index in [0.717, 1.165) is 5.56 Å². The number of hydrogen-bond donors (Lipinski definition) is 2. The van der Waals surface area contributed by atoms with Crippen LogP contribution >= 0.6 is 0 Å². The summed E-state index contributed by atoms with van der Waals surface area (Å²) in [5, 5.41) is 11.2. The van der Waals surface area contributed by atoms with Gasteiger partial charge in [-0.05, 0) is 24.1 Å². The van der Waals surface area contributed by atoms with Crippen LogP contribution in [0.2, 0.25) is 0 Å². The van der Waals surface area contributed by atoms with Crippen molar-refractivity contribution in [1.82, 2.24) is 0 Å². The van der Waals surface area contributed by atoms with Crippen molar-refractivity contribution in [2.75, 3.05) is 5.32 Å². The highest BCUT2D eigenvalue weighted by Crippen LogP contribution is 2.10. The average Bonchev–Trinajstić information content (AvgIpc) is 2.31. The Morgan fingerprint density at radius 1 is 1.50 bits per heavy atom. The minimum atomic E-state index is -0.473. The monoisotopic (exact) mass is 217 g/mol. The van der Waals surface area contributed by atoms with Crippen molar-refractivity contribution in [1.29, 1.82) is 5.26 Å². The van der Waals surface area contributed by atoms with Gasteiger partial charge in [0, 0.05) is 5.69 Å². The molecule has 0 saturated carbocycles. The Kier molecular flexibility index (Phi) is 4.49. The van der Waals surface area contributed by atoms with Crippen molar-refractivity contribution in [3.8, 4) is 6.07 Å². The van der Waals surface area contributed by atoms with E-state index in [1.165, 1.54) is 0 Å². The number of nitriles is 1. The molecule has 0 unspecified atom stereocenters. The number of nitrogens with zero attached hydrogens (tertiary/aromatic N) is 1. The second kappa shape index (κ2) is 5.89. The lowest BCUT2D eigenvalue weighted by Gasteiger charge is -2.10. The lowest BCUT2D eigenvalue weighted by Crippen LogP contribution is -2.34. The molecule has 4 nitrogen and oxygen atoms in total. The molecule has 1 aromatic rings. The minimum Gasteiger partial charge on any atom is -0.325 e. The summed E-state index contributed by atoms with van der Waals surface area (Å²) in [4.78, 5) is 11.5. The molecule has 16 heavy (non-hydrogen) atoms. The summed E-state index contributed by atoms with van der Waals surface area (Å²) in [5.41, 5.74) is 7.22. The molecular formula is C12H15N3O. The van der Waals surface area contributed by atoms with Gasteiger partial charge in [0.05, 0.1) is 18.5 Å². The van der Waals surface area contributed by atoms with Crippen molar-refractivity contribution in [3.05, 3.63) is 29.8 Å². The van der Waals surface area contributed by atoms with Crippen molar-refractivity contribution < 1.29 is 4.79 Å². The van der Waals surface area contributed by atoms with Crippen LogP contribution in [0.4, 0.5) is 5.69 Å². The number of rotatable bonds is 4. The van der Waals surface area contributed by atoms with Crippen LogP contribution in [0, 0.1) is 11.3 Å². The Bertz CT molecular complexity index is 392. The highest BCUT2D eigenvalue weighted by Gasteiger charge is 2.10. The smallest absolute Gasteiger partial charge is 0.241 e. The Labute approximate surface area is 95.1 Å². The van der Waals surface area contributed by atoms with E-state index in [2.05, 4.69) is 11.4 Å². The fraction of sp³-hybridized carbons (Fsp3) is 0.333. The molecule has 0 aromatic heterocycles. The summed E-state index contributed by atoms with van der Waals surface area (Å²) in [7, 11) is 0. The summed E-state index contributed by atoms with van der Waals surface area (Å²) in [6, 6.07) is 8.76. The predicted molar refractivity (Wildman–Crippen MR) is 62.7 cm³/mol. The zero-order valence-electron chi connectivity index (χ0n) is 9.23. The molecule has 0 radical (unpaired) electrons. The van der Waals surface area contributed by atoms with E-state index in [1.54, 1.807) is 12.1 Å². The summed E-state index contributed by atoms with van der Waals surface area (Å²) in [6.07, 6.45) is 0.987. The zero-order valence-corrected chi connectivity index (χ0v) is 9.23. The third kappa shape index (κ3) is 3.37. The van der Waals surface area contributed by atoms with E-state index < -0.39 is 6.04 Å². The molecule has 0 spiro atoms. The van der Waals surface area contributed by atoms with Crippen LogP contribution < -0.4 is 11.1 Å². The largest absolute Gasteiger partial charge is 0.325 e. The average molecular weight is 217 g/mol. The van der Waals surface area contributed by atoms with E-state index in [9.17, 15) is 4.79 Å². The summed E-state index contributed by atoms with van der Waals surface area (Å²) >= 11 is 0. The molecule has 0 fully saturated rings. The molecule has 0 saturated heterocycles. The molecule has 4 heteroatoms. The van der Waals surface area contributed by atoms with Gasteiger partial charge in [-0.3, -0.25) is 4.79 Å². The van der Waals surface area contributed by atoms with E-state index in [1.807, 2.05) is 19.1 Å². The molecule has 3 N–H and O–H groups in total. The molecule has 1 atom stereocenters.